The van der Waals surface area contributed by atoms with Crippen molar-refractivity contribution in [3.8, 4) is 11.5 Å². The minimum atomic E-state index is -0.660. The molecule has 0 fully saturated rings. The molecule has 24 heavy (non-hydrogen) atoms. The summed E-state index contributed by atoms with van der Waals surface area (Å²) in [6, 6.07) is 6.94. The number of amides is 1. The van der Waals surface area contributed by atoms with Crippen molar-refractivity contribution in [2.75, 3.05) is 19.5 Å². The van der Waals surface area contributed by atoms with Crippen LogP contribution in [0.3, 0.4) is 0 Å². The second-order valence-corrected chi connectivity index (χ2v) is 5.41. The molecule has 0 spiro atoms. The average Bonchev–Trinajstić information content (AvgIpc) is 2.56. The van der Waals surface area contributed by atoms with Crippen molar-refractivity contribution < 1.29 is 19.2 Å². The molecule has 0 atom stereocenters. The molecule has 1 amide bonds. The predicted octanol–water partition coefficient (Wildman–Crippen LogP) is 4.17. The summed E-state index contributed by atoms with van der Waals surface area (Å²) in [6.45, 7) is 0. The zero-order chi connectivity index (χ0) is 17.9. The summed E-state index contributed by atoms with van der Waals surface area (Å²) in [5, 5.41) is 13.2. The van der Waals surface area contributed by atoms with E-state index in [1.165, 1.54) is 32.4 Å². The van der Waals surface area contributed by atoms with Crippen LogP contribution in [-0.4, -0.2) is 25.1 Å². The van der Waals surface area contributed by atoms with Crippen LogP contribution in [0.2, 0.25) is 10.0 Å². The highest BCUT2D eigenvalue weighted by molar-refractivity contribution is 6.37. The smallest absolute Gasteiger partial charge is 0.289 e. The number of carbonyl (C=O) groups is 1. The Bertz CT molecular complexity index is 788. The molecule has 0 saturated heterocycles. The number of methoxy groups -OCH3 is 2. The van der Waals surface area contributed by atoms with Crippen molar-refractivity contribution in [1.82, 2.24) is 0 Å². The molecular formula is C15H12Cl2N2O5. The molecule has 2 aromatic rings. The van der Waals surface area contributed by atoms with Crippen LogP contribution in [0.5, 0.6) is 11.5 Å². The van der Waals surface area contributed by atoms with Crippen LogP contribution in [0.4, 0.5) is 11.4 Å². The van der Waals surface area contributed by atoms with Crippen molar-refractivity contribution >= 4 is 40.5 Å². The van der Waals surface area contributed by atoms with Gasteiger partial charge in [-0.15, -0.1) is 0 Å². The Hall–Kier alpha value is -2.51. The first kappa shape index (κ1) is 17.8. The number of nitro benzene ring substituents is 1. The number of carbonyl (C=O) groups excluding carboxylic acids is 1. The van der Waals surface area contributed by atoms with Gasteiger partial charge in [-0.2, -0.15) is 0 Å². The molecule has 9 heteroatoms. The van der Waals surface area contributed by atoms with E-state index in [0.29, 0.717) is 11.5 Å². The molecule has 0 aliphatic heterocycles. The van der Waals surface area contributed by atoms with Crippen LogP contribution < -0.4 is 14.8 Å². The molecule has 0 heterocycles. The zero-order valence-corrected chi connectivity index (χ0v) is 14.1. The summed E-state index contributed by atoms with van der Waals surface area (Å²) in [5.41, 5.74) is 0.0681. The molecule has 0 aliphatic carbocycles. The highest BCUT2D eigenvalue weighted by Crippen LogP contribution is 2.34. The molecule has 126 valence electrons. The highest BCUT2D eigenvalue weighted by atomic mass is 35.5. The molecule has 0 bridgehead atoms. The van der Waals surface area contributed by atoms with Gasteiger partial charge in [-0.1, -0.05) is 23.2 Å². The van der Waals surface area contributed by atoms with E-state index in [9.17, 15) is 14.9 Å². The SMILES string of the molecule is COc1cc(OC)cc(C(=O)Nc2cc(Cl)c([N+](=O)[O-])cc2Cl)c1. The van der Waals surface area contributed by atoms with E-state index in [-0.39, 0.29) is 27.0 Å². The molecule has 1 N–H and O–H groups in total. The Morgan fingerprint density at radius 3 is 2.12 bits per heavy atom. The van der Waals surface area contributed by atoms with Crippen LogP contribution in [0.15, 0.2) is 30.3 Å². The van der Waals surface area contributed by atoms with E-state index in [0.717, 1.165) is 6.07 Å². The Balaban J connectivity index is 2.33. The molecular weight excluding hydrogens is 359 g/mol. The Labute approximate surface area is 147 Å². The first-order chi connectivity index (χ1) is 11.3. The summed E-state index contributed by atoms with van der Waals surface area (Å²) in [6.07, 6.45) is 0. The third-order valence-corrected chi connectivity index (χ3v) is 3.71. The zero-order valence-electron chi connectivity index (χ0n) is 12.6. The van der Waals surface area contributed by atoms with Gasteiger partial charge < -0.3 is 14.8 Å². The van der Waals surface area contributed by atoms with Crippen molar-refractivity contribution in [1.29, 1.82) is 0 Å². The van der Waals surface area contributed by atoms with Gasteiger partial charge in [-0.25, -0.2) is 0 Å². The first-order valence-corrected chi connectivity index (χ1v) is 7.29. The number of anilines is 1. The molecule has 2 aromatic carbocycles. The third-order valence-electron chi connectivity index (χ3n) is 3.10. The summed E-state index contributed by atoms with van der Waals surface area (Å²) in [7, 11) is 2.92. The highest BCUT2D eigenvalue weighted by Gasteiger charge is 2.18. The van der Waals surface area contributed by atoms with Gasteiger partial charge in [-0.05, 0) is 18.2 Å². The number of benzene rings is 2. The molecule has 7 nitrogen and oxygen atoms in total. The van der Waals surface area contributed by atoms with Gasteiger partial charge in [0.25, 0.3) is 11.6 Å². The lowest BCUT2D eigenvalue weighted by Crippen LogP contribution is -2.12. The molecule has 2 rings (SSSR count). The van der Waals surface area contributed by atoms with E-state index in [1.807, 2.05) is 0 Å². The number of ether oxygens (including phenoxy) is 2. The summed E-state index contributed by atoms with van der Waals surface area (Å²) < 4.78 is 10.2. The molecule has 0 saturated carbocycles. The van der Waals surface area contributed by atoms with Gasteiger partial charge in [0.2, 0.25) is 0 Å². The van der Waals surface area contributed by atoms with E-state index in [2.05, 4.69) is 5.32 Å². The van der Waals surface area contributed by atoms with Gasteiger partial charge in [0.1, 0.15) is 16.5 Å². The van der Waals surface area contributed by atoms with E-state index >= 15 is 0 Å². The van der Waals surface area contributed by atoms with Crippen molar-refractivity contribution in [3.05, 3.63) is 56.1 Å². The summed E-state index contributed by atoms with van der Waals surface area (Å²) in [4.78, 5) is 22.5. The molecule has 0 aromatic heterocycles. The normalized spacial score (nSPS) is 10.2. The van der Waals surface area contributed by atoms with Crippen LogP contribution in [0.25, 0.3) is 0 Å². The lowest BCUT2D eigenvalue weighted by atomic mass is 10.1. The summed E-state index contributed by atoms with van der Waals surface area (Å²) in [5.74, 6) is 0.374. The van der Waals surface area contributed by atoms with Crippen LogP contribution >= 0.6 is 23.2 Å². The fourth-order valence-electron chi connectivity index (χ4n) is 1.91. The van der Waals surface area contributed by atoms with Gasteiger partial charge in [0.05, 0.1) is 29.9 Å². The third kappa shape index (κ3) is 3.87. The molecule has 0 unspecified atom stereocenters. The first-order valence-electron chi connectivity index (χ1n) is 6.53. The number of nitrogens with zero attached hydrogens (tertiary/aromatic N) is 1. The number of halogens is 2. The van der Waals surface area contributed by atoms with Crippen LogP contribution in [0, 0.1) is 10.1 Å². The van der Waals surface area contributed by atoms with E-state index in [4.69, 9.17) is 32.7 Å². The number of nitro groups is 1. The monoisotopic (exact) mass is 370 g/mol. The Kier molecular flexibility index (Phi) is 5.48. The number of nitrogens with one attached hydrogen (secondary N) is 1. The number of rotatable bonds is 5. The topological polar surface area (TPSA) is 90.7 Å². The largest absolute Gasteiger partial charge is 0.497 e. The lowest BCUT2D eigenvalue weighted by molar-refractivity contribution is -0.384. The van der Waals surface area contributed by atoms with Crippen molar-refractivity contribution in [3.63, 3.8) is 0 Å². The van der Waals surface area contributed by atoms with Crippen LogP contribution in [-0.2, 0) is 0 Å². The maximum absolute atomic E-state index is 12.4. The minimum absolute atomic E-state index is 0.00527. The molecule has 0 radical (unpaired) electrons. The number of hydrogen-bond acceptors (Lipinski definition) is 5. The predicted molar refractivity (Wildman–Crippen MR) is 90.6 cm³/mol. The molecule has 0 aliphatic rings. The summed E-state index contributed by atoms with van der Waals surface area (Å²) >= 11 is 11.8. The standard InChI is InChI=1S/C15H12Cl2N2O5/c1-23-9-3-8(4-10(5-9)24-2)15(20)18-13-6-12(17)14(19(21)22)7-11(13)16/h3-7H,1-2H3,(H,18,20). The maximum Gasteiger partial charge on any atom is 0.289 e. The van der Waals surface area contributed by atoms with Gasteiger partial charge in [-0.3, -0.25) is 14.9 Å². The second kappa shape index (κ2) is 7.37. The van der Waals surface area contributed by atoms with Gasteiger partial charge in [0, 0.05) is 17.7 Å². The maximum atomic E-state index is 12.4. The van der Waals surface area contributed by atoms with Crippen molar-refractivity contribution in [2.24, 2.45) is 0 Å². The van der Waals surface area contributed by atoms with E-state index < -0.39 is 10.8 Å². The van der Waals surface area contributed by atoms with E-state index in [1.54, 1.807) is 6.07 Å². The Morgan fingerprint density at radius 1 is 1.04 bits per heavy atom. The average molecular weight is 371 g/mol. The fraction of sp³-hybridized carbons (Fsp3) is 0.133. The quantitative estimate of drug-likeness (QED) is 0.629. The number of hydrogen-bond donors (Lipinski definition) is 1. The lowest BCUT2D eigenvalue weighted by Gasteiger charge is -2.10. The van der Waals surface area contributed by atoms with Crippen LogP contribution in [0.1, 0.15) is 10.4 Å². The van der Waals surface area contributed by atoms with Gasteiger partial charge in [0.15, 0.2) is 0 Å². The fourth-order valence-corrected chi connectivity index (χ4v) is 2.34. The minimum Gasteiger partial charge on any atom is -0.497 e. The second-order valence-electron chi connectivity index (χ2n) is 4.60. The van der Waals surface area contributed by atoms with Crippen molar-refractivity contribution in [2.45, 2.75) is 0 Å². The Morgan fingerprint density at radius 2 is 1.62 bits per heavy atom. The van der Waals surface area contributed by atoms with Gasteiger partial charge >= 0.3 is 0 Å².